The zero-order valence-electron chi connectivity index (χ0n) is 8.81. The van der Waals surface area contributed by atoms with E-state index in [4.69, 9.17) is 4.79 Å². The molecule has 0 saturated carbocycles. The van der Waals surface area contributed by atoms with Crippen molar-refractivity contribution in [2.24, 2.45) is 5.73 Å². The van der Waals surface area contributed by atoms with Crippen molar-refractivity contribution in [2.45, 2.75) is 13.0 Å². The van der Waals surface area contributed by atoms with Crippen LogP contribution in [-0.4, -0.2) is 24.3 Å². The Hall–Kier alpha value is -1.84. The molecule has 4 heteroatoms. The minimum Gasteiger partial charge on any atom is -0.372 e. The first-order valence-corrected chi connectivity index (χ1v) is 4.65. The molecule has 1 atom stereocenters. The van der Waals surface area contributed by atoms with Crippen LogP contribution >= 0.6 is 0 Å². The molecule has 1 aliphatic rings. The Kier molecular flexibility index (Phi) is 3.44. The third kappa shape index (κ3) is 1.98. The van der Waals surface area contributed by atoms with Crippen LogP contribution in [0.5, 0.6) is 0 Å². The molecule has 4 nitrogen and oxygen atoms in total. The molecule has 1 aliphatic heterocycles. The van der Waals surface area contributed by atoms with E-state index in [1.165, 1.54) is 0 Å². The van der Waals surface area contributed by atoms with Crippen LogP contribution in [0.4, 0.5) is 0 Å². The molecule has 1 aromatic carbocycles. The van der Waals surface area contributed by atoms with Crippen molar-refractivity contribution in [2.75, 3.05) is 7.05 Å². The van der Waals surface area contributed by atoms with Gasteiger partial charge < -0.3 is 10.6 Å². The molecule has 0 aromatic heterocycles. The number of rotatable bonds is 0. The minimum atomic E-state index is 0.137. The molecule has 15 heavy (non-hydrogen) atoms. The van der Waals surface area contributed by atoms with E-state index in [0.29, 0.717) is 0 Å². The topological polar surface area (TPSA) is 63.4 Å². The molecule has 1 aromatic rings. The molecule has 1 unspecified atom stereocenters. The number of primary amides is 1. The molecule has 0 saturated heterocycles. The molecule has 1 heterocycles. The van der Waals surface area contributed by atoms with Gasteiger partial charge in [-0.05, 0) is 18.6 Å². The second kappa shape index (κ2) is 4.59. The zero-order valence-corrected chi connectivity index (χ0v) is 8.81. The third-order valence-corrected chi connectivity index (χ3v) is 2.54. The summed E-state index contributed by atoms with van der Waals surface area (Å²) in [6.45, 7) is 2.05. The maximum absolute atomic E-state index is 11.5. The number of hydrogen-bond donors (Lipinski definition) is 1. The second-order valence-electron chi connectivity index (χ2n) is 3.32. The summed E-state index contributed by atoms with van der Waals surface area (Å²) < 4.78 is 0. The summed E-state index contributed by atoms with van der Waals surface area (Å²) in [5.74, 6) is 0.137. The highest BCUT2D eigenvalue weighted by molar-refractivity contribution is 5.98. The highest BCUT2D eigenvalue weighted by atomic mass is 16.2. The van der Waals surface area contributed by atoms with Crippen LogP contribution in [0.25, 0.3) is 0 Å². The standard InChI is InChI=1S/C10H11NO.CH3NO/c1-7-8-5-3-4-6-9(8)10(12)11(7)2;2-1-3/h3-7H,1-2H3;1H,(H2,2,3). The van der Waals surface area contributed by atoms with Crippen LogP contribution in [-0.2, 0) is 4.79 Å². The van der Waals surface area contributed by atoms with E-state index in [2.05, 4.69) is 5.73 Å². The lowest BCUT2D eigenvalue weighted by molar-refractivity contribution is -0.106. The predicted molar refractivity (Wildman–Crippen MR) is 57.2 cm³/mol. The monoisotopic (exact) mass is 206 g/mol. The molecule has 2 N–H and O–H groups in total. The summed E-state index contributed by atoms with van der Waals surface area (Å²) in [7, 11) is 1.84. The number of fused-ring (bicyclic) bond motifs is 1. The zero-order chi connectivity index (χ0) is 11.4. The fraction of sp³-hybridized carbons (Fsp3) is 0.273. The van der Waals surface area contributed by atoms with Gasteiger partial charge >= 0.3 is 0 Å². The van der Waals surface area contributed by atoms with E-state index in [0.717, 1.165) is 11.1 Å². The van der Waals surface area contributed by atoms with Crippen molar-refractivity contribution in [3.63, 3.8) is 0 Å². The average Bonchev–Trinajstić information content (AvgIpc) is 2.46. The molecule has 0 radical (unpaired) electrons. The molecule has 0 fully saturated rings. The summed E-state index contributed by atoms with van der Waals surface area (Å²) in [4.78, 5) is 21.9. The predicted octanol–water partition coefficient (Wildman–Crippen LogP) is 0.935. The quantitative estimate of drug-likeness (QED) is 0.642. The summed E-state index contributed by atoms with van der Waals surface area (Å²) in [5.41, 5.74) is 6.16. The summed E-state index contributed by atoms with van der Waals surface area (Å²) in [6.07, 6.45) is 0.250. The van der Waals surface area contributed by atoms with Crippen LogP contribution in [0.3, 0.4) is 0 Å². The second-order valence-corrected chi connectivity index (χ2v) is 3.32. The number of nitrogens with zero attached hydrogens (tertiary/aromatic N) is 1. The molecule has 0 bridgehead atoms. The first-order valence-electron chi connectivity index (χ1n) is 4.65. The van der Waals surface area contributed by atoms with Crippen LogP contribution < -0.4 is 5.73 Å². The average molecular weight is 206 g/mol. The first kappa shape index (κ1) is 11.2. The van der Waals surface area contributed by atoms with E-state index in [1.807, 2.05) is 38.2 Å². The van der Waals surface area contributed by atoms with Gasteiger partial charge in [0.1, 0.15) is 0 Å². The number of amides is 2. The van der Waals surface area contributed by atoms with E-state index < -0.39 is 0 Å². The maximum Gasteiger partial charge on any atom is 0.254 e. The van der Waals surface area contributed by atoms with E-state index in [9.17, 15) is 4.79 Å². The van der Waals surface area contributed by atoms with Crippen molar-refractivity contribution < 1.29 is 9.59 Å². The lowest BCUT2D eigenvalue weighted by Gasteiger charge is -2.14. The Labute approximate surface area is 88.7 Å². The Morgan fingerprint density at radius 1 is 1.40 bits per heavy atom. The summed E-state index contributed by atoms with van der Waals surface area (Å²) in [5, 5.41) is 0. The Bertz CT molecular complexity index is 377. The van der Waals surface area contributed by atoms with E-state index in [1.54, 1.807) is 4.90 Å². The van der Waals surface area contributed by atoms with Gasteiger partial charge in [-0.1, -0.05) is 18.2 Å². The van der Waals surface area contributed by atoms with Gasteiger partial charge in [0.05, 0.1) is 6.04 Å². The minimum absolute atomic E-state index is 0.137. The lowest BCUT2D eigenvalue weighted by Crippen LogP contribution is -2.20. The fourth-order valence-electron chi connectivity index (χ4n) is 1.63. The van der Waals surface area contributed by atoms with E-state index >= 15 is 0 Å². The van der Waals surface area contributed by atoms with Crippen LogP contribution in [0.15, 0.2) is 24.3 Å². The Morgan fingerprint density at radius 2 is 1.93 bits per heavy atom. The first-order chi connectivity index (χ1) is 7.13. The molecule has 2 amide bonds. The molecule has 2 rings (SSSR count). The van der Waals surface area contributed by atoms with Gasteiger partial charge in [0.2, 0.25) is 6.41 Å². The van der Waals surface area contributed by atoms with E-state index in [-0.39, 0.29) is 18.4 Å². The molecule has 0 spiro atoms. The van der Waals surface area contributed by atoms with Gasteiger partial charge in [0, 0.05) is 12.6 Å². The SMILES string of the molecule is CC1c2ccccc2C(=O)N1C.NC=O. The number of nitrogens with two attached hydrogens (primary N) is 1. The molecular formula is C11H14N2O2. The normalized spacial score (nSPS) is 17.9. The van der Waals surface area contributed by atoms with Crippen LogP contribution in [0, 0.1) is 0 Å². The Balaban J connectivity index is 0.000000337. The number of carbonyl (C=O) groups excluding carboxylic acids is 2. The van der Waals surface area contributed by atoms with Crippen molar-refractivity contribution in [1.29, 1.82) is 0 Å². The number of hydrogen-bond acceptors (Lipinski definition) is 2. The number of benzene rings is 1. The molecule has 80 valence electrons. The van der Waals surface area contributed by atoms with Crippen molar-refractivity contribution in [3.8, 4) is 0 Å². The Morgan fingerprint density at radius 3 is 2.47 bits per heavy atom. The van der Waals surface area contributed by atoms with Gasteiger partial charge in [-0.2, -0.15) is 0 Å². The fourth-order valence-corrected chi connectivity index (χ4v) is 1.63. The van der Waals surface area contributed by atoms with Gasteiger partial charge in [-0.3, -0.25) is 9.59 Å². The van der Waals surface area contributed by atoms with Crippen molar-refractivity contribution >= 4 is 12.3 Å². The summed E-state index contributed by atoms with van der Waals surface area (Å²) >= 11 is 0. The smallest absolute Gasteiger partial charge is 0.254 e. The largest absolute Gasteiger partial charge is 0.372 e. The summed E-state index contributed by atoms with van der Waals surface area (Å²) in [6, 6.07) is 8.01. The van der Waals surface area contributed by atoms with Crippen LogP contribution in [0.1, 0.15) is 28.9 Å². The number of carbonyl (C=O) groups is 2. The highest BCUT2D eigenvalue weighted by Crippen LogP contribution is 2.30. The third-order valence-electron chi connectivity index (χ3n) is 2.54. The lowest BCUT2D eigenvalue weighted by atomic mass is 10.1. The van der Waals surface area contributed by atoms with Crippen molar-refractivity contribution in [3.05, 3.63) is 35.4 Å². The highest BCUT2D eigenvalue weighted by Gasteiger charge is 2.29. The maximum atomic E-state index is 11.5. The van der Waals surface area contributed by atoms with Crippen LogP contribution in [0.2, 0.25) is 0 Å². The van der Waals surface area contributed by atoms with Crippen molar-refractivity contribution in [1.82, 2.24) is 4.90 Å². The van der Waals surface area contributed by atoms with Gasteiger partial charge in [0.25, 0.3) is 5.91 Å². The van der Waals surface area contributed by atoms with Gasteiger partial charge in [-0.25, -0.2) is 0 Å². The van der Waals surface area contributed by atoms with Gasteiger partial charge in [-0.15, -0.1) is 0 Å². The molecular weight excluding hydrogens is 192 g/mol. The molecule has 0 aliphatic carbocycles. The van der Waals surface area contributed by atoms with Gasteiger partial charge in [0.15, 0.2) is 0 Å².